The highest BCUT2D eigenvalue weighted by Crippen LogP contribution is 2.22. The first kappa shape index (κ1) is 19.3. The Morgan fingerprint density at radius 3 is 2.24 bits per heavy atom. The van der Waals surface area contributed by atoms with E-state index < -0.39 is 0 Å². The van der Waals surface area contributed by atoms with Gasteiger partial charge in [-0.3, -0.25) is 4.48 Å². The van der Waals surface area contributed by atoms with Crippen LogP contribution in [-0.4, -0.2) is 29.8 Å². The Kier molecular flexibility index (Phi) is 8.55. The molecule has 0 heterocycles. The number of esters is 1. The Bertz CT molecular complexity index is 430. The Hall–Kier alpha value is -1.68. The van der Waals surface area contributed by atoms with Crippen molar-refractivity contribution in [3.63, 3.8) is 0 Å². The number of carbonyl (C=O) groups excluding carboxylic acids is 1. The second-order valence-electron chi connectivity index (χ2n) is 5.00. The van der Waals surface area contributed by atoms with Gasteiger partial charge in [-0.05, 0) is 13.8 Å². The maximum atomic E-state index is 11.6. The van der Waals surface area contributed by atoms with Crippen LogP contribution in [0.2, 0.25) is 0 Å². The van der Waals surface area contributed by atoms with Crippen LogP contribution >= 0.6 is 0 Å². The van der Waals surface area contributed by atoms with Crippen LogP contribution < -0.4 is 4.70 Å². The summed E-state index contributed by atoms with van der Waals surface area (Å²) >= 11 is 0. The molecule has 0 spiro atoms. The van der Waals surface area contributed by atoms with E-state index in [1.54, 1.807) is 0 Å². The fourth-order valence-corrected chi connectivity index (χ4v) is 2.67. The van der Waals surface area contributed by atoms with E-state index in [0.717, 1.165) is 30.5 Å². The third-order valence-corrected chi connectivity index (χ3v) is 3.98. The van der Waals surface area contributed by atoms with Crippen molar-refractivity contribution >= 4 is 5.97 Å². The molecule has 1 aromatic rings. The average molecular weight is 295 g/mol. The lowest BCUT2D eigenvalue weighted by molar-refractivity contribution is -0.978. The van der Waals surface area contributed by atoms with Gasteiger partial charge in [0.05, 0.1) is 13.1 Å². The zero-order valence-electron chi connectivity index (χ0n) is 13.2. The summed E-state index contributed by atoms with van der Waals surface area (Å²) in [4.78, 5) is 11.6. The van der Waals surface area contributed by atoms with E-state index in [2.05, 4.69) is 39.5 Å². The Morgan fingerprint density at radius 1 is 1.24 bits per heavy atom. The largest absolute Gasteiger partial charge is 1.00 e. The van der Waals surface area contributed by atoms with E-state index in [9.17, 15) is 4.79 Å². The molecule has 1 unspecified atom stereocenters. The molecule has 0 aliphatic rings. The van der Waals surface area contributed by atoms with Gasteiger partial charge in [0.2, 0.25) is 6.23 Å². The van der Waals surface area contributed by atoms with Gasteiger partial charge in [0.1, 0.15) is 6.54 Å². The molecule has 4 heteroatoms. The normalized spacial score (nSPS) is 12.1. The Balaban J connectivity index is 0.00000400. The van der Waals surface area contributed by atoms with Crippen molar-refractivity contribution in [2.24, 2.45) is 0 Å². The molecule has 0 aliphatic carbocycles. The monoisotopic (exact) mass is 295 g/mol. The van der Waals surface area contributed by atoms with Gasteiger partial charge in [-0.25, -0.2) is 4.79 Å². The molecule has 0 amide bonds. The average Bonchev–Trinajstić information content (AvgIpc) is 2.51. The fraction of sp³-hybridized carbons (Fsp3) is 0.471. The Labute approximate surface area is 127 Å². The lowest BCUT2D eigenvalue weighted by Gasteiger charge is -2.42. The second-order valence-corrected chi connectivity index (χ2v) is 5.00. The minimum absolute atomic E-state index is 0. The van der Waals surface area contributed by atoms with Crippen LogP contribution in [0.25, 0.3) is 0 Å². The maximum Gasteiger partial charge on any atom is 0.334 e. The molecular formula is C17H26FNO2. The summed E-state index contributed by atoms with van der Waals surface area (Å²) in [6.45, 7) is 12.6. The number of hydrogen-bond acceptors (Lipinski definition) is 2. The minimum atomic E-state index is -0.339. The van der Waals surface area contributed by atoms with Crippen molar-refractivity contribution < 1.29 is 18.7 Å². The molecule has 0 saturated heterocycles. The van der Waals surface area contributed by atoms with Crippen LogP contribution in [0.1, 0.15) is 32.8 Å². The minimum Gasteiger partial charge on any atom is -1.00 e. The number of ether oxygens (including phenoxy) is 1. The summed E-state index contributed by atoms with van der Waals surface area (Å²) in [5.41, 5.74) is 1.27. The van der Waals surface area contributed by atoms with E-state index in [0.29, 0.717) is 0 Å². The predicted molar refractivity (Wildman–Crippen MR) is 81.9 cm³/mol. The van der Waals surface area contributed by atoms with Crippen molar-refractivity contribution in [3.8, 4) is 0 Å². The molecule has 0 aliphatic heterocycles. The van der Waals surface area contributed by atoms with Gasteiger partial charge in [0, 0.05) is 18.1 Å². The Morgan fingerprint density at radius 2 is 1.81 bits per heavy atom. The zero-order valence-corrected chi connectivity index (χ0v) is 13.2. The predicted octanol–water partition coefficient (Wildman–Crippen LogP) is 0.513. The summed E-state index contributed by atoms with van der Waals surface area (Å²) in [6.07, 6.45) is 1.91. The number of benzene rings is 1. The number of carbonyl (C=O) groups is 1. The van der Waals surface area contributed by atoms with E-state index in [-0.39, 0.29) is 16.9 Å². The first-order valence-electron chi connectivity index (χ1n) is 7.34. The number of quaternary nitrogens is 1. The third-order valence-electron chi connectivity index (χ3n) is 3.98. The van der Waals surface area contributed by atoms with Gasteiger partial charge in [-0.2, -0.15) is 0 Å². The highest BCUT2D eigenvalue weighted by Gasteiger charge is 2.35. The topological polar surface area (TPSA) is 26.3 Å². The van der Waals surface area contributed by atoms with Crippen LogP contribution in [0, 0.1) is 0 Å². The SMILES string of the molecule is C=CC(=O)OC(CC)[N+](CC)(CC)Cc1ccccc1.[F-]. The van der Waals surface area contributed by atoms with E-state index >= 15 is 0 Å². The number of halogens is 1. The first-order chi connectivity index (χ1) is 9.61. The molecule has 0 saturated carbocycles. The molecular weight excluding hydrogens is 269 g/mol. The fourth-order valence-electron chi connectivity index (χ4n) is 2.67. The highest BCUT2D eigenvalue weighted by atomic mass is 19.0. The second kappa shape index (κ2) is 9.29. The van der Waals surface area contributed by atoms with Gasteiger partial charge >= 0.3 is 5.97 Å². The molecule has 1 aromatic carbocycles. The molecule has 118 valence electrons. The van der Waals surface area contributed by atoms with Crippen molar-refractivity contribution in [3.05, 3.63) is 48.6 Å². The first-order valence-corrected chi connectivity index (χ1v) is 7.34. The zero-order chi connectivity index (χ0) is 15.0. The van der Waals surface area contributed by atoms with Crippen molar-refractivity contribution in [1.82, 2.24) is 0 Å². The molecule has 1 rings (SSSR count). The quantitative estimate of drug-likeness (QED) is 0.302. The van der Waals surface area contributed by atoms with E-state index in [1.165, 1.54) is 11.6 Å². The van der Waals surface area contributed by atoms with Gasteiger partial charge in [0.15, 0.2) is 0 Å². The van der Waals surface area contributed by atoms with Gasteiger partial charge in [-0.15, -0.1) is 0 Å². The van der Waals surface area contributed by atoms with Gasteiger partial charge in [0.25, 0.3) is 0 Å². The molecule has 0 aromatic heterocycles. The molecule has 0 fully saturated rings. The molecule has 21 heavy (non-hydrogen) atoms. The summed E-state index contributed by atoms with van der Waals surface area (Å²) in [5, 5.41) is 0. The summed E-state index contributed by atoms with van der Waals surface area (Å²) < 4.78 is 6.33. The number of hydrogen-bond donors (Lipinski definition) is 0. The lowest BCUT2D eigenvalue weighted by atomic mass is 10.1. The molecule has 0 bridgehead atoms. The van der Waals surface area contributed by atoms with E-state index in [4.69, 9.17) is 4.74 Å². The van der Waals surface area contributed by atoms with Crippen LogP contribution in [0.3, 0.4) is 0 Å². The highest BCUT2D eigenvalue weighted by molar-refractivity contribution is 5.81. The van der Waals surface area contributed by atoms with Crippen molar-refractivity contribution in [1.29, 1.82) is 0 Å². The molecule has 3 nitrogen and oxygen atoms in total. The van der Waals surface area contributed by atoms with Crippen LogP contribution in [0.15, 0.2) is 43.0 Å². The third kappa shape index (κ3) is 4.97. The van der Waals surface area contributed by atoms with Crippen molar-refractivity contribution in [2.75, 3.05) is 13.1 Å². The van der Waals surface area contributed by atoms with Crippen LogP contribution in [-0.2, 0) is 16.1 Å². The number of rotatable bonds is 8. The van der Waals surface area contributed by atoms with Crippen molar-refractivity contribution in [2.45, 2.75) is 40.0 Å². The number of nitrogens with zero attached hydrogens (tertiary/aromatic N) is 1. The van der Waals surface area contributed by atoms with Gasteiger partial charge in [-0.1, -0.05) is 43.8 Å². The molecule has 1 atom stereocenters. The summed E-state index contributed by atoms with van der Waals surface area (Å²) in [7, 11) is 0. The summed E-state index contributed by atoms with van der Waals surface area (Å²) in [6, 6.07) is 10.4. The van der Waals surface area contributed by atoms with Crippen LogP contribution in [0.5, 0.6) is 0 Å². The smallest absolute Gasteiger partial charge is 0.334 e. The molecule has 0 radical (unpaired) electrons. The summed E-state index contributed by atoms with van der Waals surface area (Å²) in [5.74, 6) is -0.339. The molecule has 0 N–H and O–H groups in total. The van der Waals surface area contributed by atoms with E-state index in [1.807, 2.05) is 18.2 Å². The standard InChI is InChI=1S/C17H26NO2.FH/c1-5-16(20-17(19)6-2)18(7-3,8-4)14-15-12-10-9-11-13-15;/h6,9-13,16H,2,5,7-8,14H2,1,3-4H3;1H/q+1;/p-1. The van der Waals surface area contributed by atoms with Gasteiger partial charge < -0.3 is 9.44 Å². The lowest BCUT2D eigenvalue weighted by Crippen LogP contribution is -3.00. The van der Waals surface area contributed by atoms with Crippen LogP contribution in [0.4, 0.5) is 0 Å². The maximum absolute atomic E-state index is 11.6.